The van der Waals surface area contributed by atoms with Crippen molar-refractivity contribution in [1.29, 1.82) is 0 Å². The Bertz CT molecular complexity index is 418. The molecule has 0 bridgehead atoms. The number of ketones is 1. The summed E-state index contributed by atoms with van der Waals surface area (Å²) >= 11 is 11.7. The Morgan fingerprint density at radius 1 is 1.29 bits per heavy atom. The van der Waals surface area contributed by atoms with Gasteiger partial charge in [-0.1, -0.05) is 23.2 Å². The molecule has 0 spiro atoms. The average Bonchev–Trinajstić information content (AvgIpc) is 2.70. The van der Waals surface area contributed by atoms with Crippen LogP contribution in [0.1, 0.15) is 25.7 Å². The second-order valence-electron chi connectivity index (χ2n) is 4.27. The molecule has 1 aromatic carbocycles. The van der Waals surface area contributed by atoms with Crippen LogP contribution in [0, 0.1) is 5.92 Å². The summed E-state index contributed by atoms with van der Waals surface area (Å²) in [4.78, 5) is 11.4. The van der Waals surface area contributed by atoms with Gasteiger partial charge in [-0.05, 0) is 31.4 Å². The minimum atomic E-state index is 0.192. The van der Waals surface area contributed by atoms with Crippen LogP contribution in [0.4, 0.5) is 0 Å². The van der Waals surface area contributed by atoms with Crippen LogP contribution in [0.3, 0.4) is 0 Å². The summed E-state index contributed by atoms with van der Waals surface area (Å²) in [6, 6.07) is 5.19. The van der Waals surface area contributed by atoms with E-state index in [0.717, 1.165) is 25.7 Å². The first-order valence-corrected chi connectivity index (χ1v) is 6.53. The van der Waals surface area contributed by atoms with E-state index in [-0.39, 0.29) is 5.92 Å². The second-order valence-corrected chi connectivity index (χ2v) is 5.08. The molecule has 1 aromatic rings. The zero-order chi connectivity index (χ0) is 12.3. The largest absolute Gasteiger partial charge is 0.494 e. The Hall–Kier alpha value is -0.730. The van der Waals surface area contributed by atoms with Crippen LogP contribution in [-0.2, 0) is 4.79 Å². The number of rotatable bonds is 4. The maximum absolute atomic E-state index is 11.4. The summed E-state index contributed by atoms with van der Waals surface area (Å²) in [5, 5.41) is 1.01. The van der Waals surface area contributed by atoms with Gasteiger partial charge in [0.25, 0.3) is 0 Å². The predicted molar refractivity (Wildman–Crippen MR) is 68.9 cm³/mol. The molecular formula is C13H14Cl2O2. The first kappa shape index (κ1) is 12.7. The van der Waals surface area contributed by atoms with Crippen molar-refractivity contribution < 1.29 is 9.53 Å². The highest BCUT2D eigenvalue weighted by Gasteiger charge is 2.23. The second kappa shape index (κ2) is 5.74. The van der Waals surface area contributed by atoms with Gasteiger partial charge in [-0.2, -0.15) is 0 Å². The molecule has 1 aliphatic carbocycles. The van der Waals surface area contributed by atoms with Gasteiger partial charge in [0.2, 0.25) is 0 Å². The van der Waals surface area contributed by atoms with Crippen LogP contribution in [0.15, 0.2) is 18.2 Å². The number of carbonyl (C=O) groups excluding carboxylic acids is 1. The summed E-state index contributed by atoms with van der Waals surface area (Å²) in [6.07, 6.45) is 3.55. The summed E-state index contributed by atoms with van der Waals surface area (Å²) in [6.45, 7) is 0.550. The van der Waals surface area contributed by atoms with Gasteiger partial charge in [-0.3, -0.25) is 4.79 Å². The molecule has 0 amide bonds. The van der Waals surface area contributed by atoms with E-state index in [1.54, 1.807) is 18.2 Å². The van der Waals surface area contributed by atoms with Crippen molar-refractivity contribution in [2.24, 2.45) is 5.92 Å². The summed E-state index contributed by atoms with van der Waals surface area (Å²) < 4.78 is 5.56. The van der Waals surface area contributed by atoms with Gasteiger partial charge in [0.15, 0.2) is 0 Å². The first-order chi connectivity index (χ1) is 8.16. The molecule has 0 saturated heterocycles. The molecule has 2 rings (SSSR count). The van der Waals surface area contributed by atoms with E-state index in [4.69, 9.17) is 27.9 Å². The van der Waals surface area contributed by atoms with Gasteiger partial charge in [0.05, 0.1) is 16.7 Å². The van der Waals surface area contributed by atoms with E-state index < -0.39 is 0 Å². The smallest absolute Gasteiger partial charge is 0.136 e. The Kier molecular flexibility index (Phi) is 4.30. The van der Waals surface area contributed by atoms with Crippen molar-refractivity contribution in [3.05, 3.63) is 28.2 Å². The summed E-state index contributed by atoms with van der Waals surface area (Å²) in [5.41, 5.74) is 0. The highest BCUT2D eigenvalue weighted by molar-refractivity contribution is 6.42. The SMILES string of the molecule is O=C1CCCC1CCOc1ccc(Cl)c(Cl)c1. The van der Waals surface area contributed by atoms with Gasteiger partial charge in [-0.25, -0.2) is 0 Å². The highest BCUT2D eigenvalue weighted by Crippen LogP contribution is 2.27. The van der Waals surface area contributed by atoms with Crippen molar-refractivity contribution >= 4 is 29.0 Å². The molecule has 1 fully saturated rings. The van der Waals surface area contributed by atoms with Crippen LogP contribution in [0.25, 0.3) is 0 Å². The highest BCUT2D eigenvalue weighted by atomic mass is 35.5. The van der Waals surface area contributed by atoms with Crippen molar-refractivity contribution in [2.75, 3.05) is 6.61 Å². The van der Waals surface area contributed by atoms with Gasteiger partial charge < -0.3 is 4.74 Å². The normalized spacial score (nSPS) is 19.6. The van der Waals surface area contributed by atoms with Crippen LogP contribution < -0.4 is 4.74 Å². The molecule has 4 heteroatoms. The topological polar surface area (TPSA) is 26.3 Å². The number of ether oxygens (including phenoxy) is 1. The lowest BCUT2D eigenvalue weighted by Gasteiger charge is -2.10. The summed E-state index contributed by atoms with van der Waals surface area (Å²) in [7, 11) is 0. The third-order valence-corrected chi connectivity index (χ3v) is 3.80. The molecule has 92 valence electrons. The Morgan fingerprint density at radius 2 is 2.12 bits per heavy atom. The molecular weight excluding hydrogens is 259 g/mol. The number of hydrogen-bond donors (Lipinski definition) is 0. The summed E-state index contributed by atoms with van der Waals surface area (Å²) in [5.74, 6) is 1.27. The van der Waals surface area contributed by atoms with Crippen LogP contribution in [-0.4, -0.2) is 12.4 Å². The van der Waals surface area contributed by atoms with Gasteiger partial charge in [0, 0.05) is 18.4 Å². The zero-order valence-electron chi connectivity index (χ0n) is 9.42. The number of halogens is 2. The maximum Gasteiger partial charge on any atom is 0.136 e. The zero-order valence-corrected chi connectivity index (χ0v) is 10.9. The molecule has 1 saturated carbocycles. The fourth-order valence-electron chi connectivity index (χ4n) is 2.08. The number of Topliss-reactive ketones (excluding diaryl/α,β-unsaturated/α-hetero) is 1. The monoisotopic (exact) mass is 272 g/mol. The lowest BCUT2D eigenvalue weighted by atomic mass is 10.0. The third kappa shape index (κ3) is 3.36. The fraction of sp³-hybridized carbons (Fsp3) is 0.462. The molecule has 17 heavy (non-hydrogen) atoms. The predicted octanol–water partition coefficient (Wildman–Crippen LogP) is 4.13. The van der Waals surface area contributed by atoms with Crippen molar-refractivity contribution in [3.63, 3.8) is 0 Å². The van der Waals surface area contributed by atoms with Crippen molar-refractivity contribution in [3.8, 4) is 5.75 Å². The maximum atomic E-state index is 11.4. The molecule has 0 N–H and O–H groups in total. The quantitative estimate of drug-likeness (QED) is 0.824. The van der Waals surface area contributed by atoms with Crippen molar-refractivity contribution in [1.82, 2.24) is 0 Å². The standard InChI is InChI=1S/C13H14Cl2O2/c14-11-5-4-10(8-12(11)15)17-7-6-9-2-1-3-13(9)16/h4-5,8-9H,1-3,6-7H2. The molecule has 1 unspecified atom stereocenters. The third-order valence-electron chi connectivity index (χ3n) is 3.06. The number of carbonyl (C=O) groups is 1. The van der Waals surface area contributed by atoms with E-state index in [0.29, 0.717) is 28.2 Å². The molecule has 0 heterocycles. The molecule has 0 radical (unpaired) electrons. The lowest BCUT2D eigenvalue weighted by molar-refractivity contribution is -0.121. The van der Waals surface area contributed by atoms with Gasteiger partial charge >= 0.3 is 0 Å². The van der Waals surface area contributed by atoms with Crippen LogP contribution in [0.5, 0.6) is 5.75 Å². The fourth-order valence-corrected chi connectivity index (χ4v) is 2.37. The van der Waals surface area contributed by atoms with Crippen LogP contribution >= 0.6 is 23.2 Å². The Morgan fingerprint density at radius 3 is 2.76 bits per heavy atom. The van der Waals surface area contributed by atoms with E-state index in [1.165, 1.54) is 0 Å². The minimum Gasteiger partial charge on any atom is -0.494 e. The van der Waals surface area contributed by atoms with E-state index >= 15 is 0 Å². The molecule has 1 aliphatic rings. The van der Waals surface area contributed by atoms with E-state index in [2.05, 4.69) is 0 Å². The van der Waals surface area contributed by atoms with Crippen molar-refractivity contribution in [2.45, 2.75) is 25.7 Å². The molecule has 1 atom stereocenters. The van der Waals surface area contributed by atoms with Gasteiger partial charge in [-0.15, -0.1) is 0 Å². The van der Waals surface area contributed by atoms with E-state index in [9.17, 15) is 4.79 Å². The Balaban J connectivity index is 1.81. The lowest BCUT2D eigenvalue weighted by Crippen LogP contribution is -2.11. The molecule has 0 aliphatic heterocycles. The van der Waals surface area contributed by atoms with E-state index in [1.807, 2.05) is 0 Å². The Labute approximate surface area is 111 Å². The average molecular weight is 273 g/mol. The van der Waals surface area contributed by atoms with Crippen LogP contribution in [0.2, 0.25) is 10.0 Å². The first-order valence-electron chi connectivity index (χ1n) is 5.77. The number of hydrogen-bond acceptors (Lipinski definition) is 2. The minimum absolute atomic E-state index is 0.192. The van der Waals surface area contributed by atoms with Gasteiger partial charge in [0.1, 0.15) is 11.5 Å². The molecule has 2 nitrogen and oxygen atoms in total. The molecule has 0 aromatic heterocycles. The number of benzene rings is 1.